The fourth-order valence-corrected chi connectivity index (χ4v) is 4.91. The van der Waals surface area contributed by atoms with Crippen molar-refractivity contribution >= 4 is 33.3 Å². The van der Waals surface area contributed by atoms with Crippen LogP contribution in [-0.2, 0) is 25.3 Å². The van der Waals surface area contributed by atoms with Crippen LogP contribution in [-0.4, -0.2) is 66.7 Å². The summed E-state index contributed by atoms with van der Waals surface area (Å²) in [4.78, 5) is 31.4. The van der Waals surface area contributed by atoms with E-state index in [1.165, 1.54) is 4.90 Å². The van der Waals surface area contributed by atoms with E-state index in [9.17, 15) is 35.6 Å². The molecule has 1 aromatic heterocycles. The summed E-state index contributed by atoms with van der Waals surface area (Å²) in [7, 11) is -3.84. The summed E-state index contributed by atoms with van der Waals surface area (Å²) in [6.07, 6.45) is 1.74. The maximum Gasteiger partial charge on any atom is 0.322 e. The first-order chi connectivity index (χ1) is 16.8. The number of carbonyl (C=O) groups is 2. The number of piperidine rings is 2. The van der Waals surface area contributed by atoms with Crippen LogP contribution in [0, 0.1) is 11.6 Å². The number of carbonyl (C=O) groups excluding carboxylic acids is 2. The summed E-state index contributed by atoms with van der Waals surface area (Å²) < 4.78 is 83.5. The normalized spacial score (nSPS) is 21.7. The maximum atomic E-state index is 14.5. The number of alkyl halides is 2. The molecule has 10 nitrogen and oxygen atoms in total. The quantitative estimate of drug-likeness (QED) is 0.562. The average Bonchev–Trinajstić information content (AvgIpc) is 3.27. The lowest BCUT2D eigenvalue weighted by Gasteiger charge is -2.41. The summed E-state index contributed by atoms with van der Waals surface area (Å²) >= 11 is 0. The van der Waals surface area contributed by atoms with Crippen LogP contribution in [0.5, 0.6) is 0 Å². The molecule has 2 aliphatic heterocycles. The number of nitrogens with one attached hydrogen (secondary N) is 1. The number of nitrogens with zero attached hydrogens (tertiary/aromatic N) is 4. The molecule has 2 aromatic rings. The number of benzene rings is 1. The van der Waals surface area contributed by atoms with Gasteiger partial charge in [-0.1, -0.05) is 0 Å². The minimum absolute atomic E-state index is 0.0514. The van der Waals surface area contributed by atoms with Gasteiger partial charge in [0.2, 0.25) is 11.8 Å². The molecule has 0 bridgehead atoms. The van der Waals surface area contributed by atoms with Gasteiger partial charge in [-0.2, -0.15) is 13.8 Å². The molecule has 0 spiro atoms. The van der Waals surface area contributed by atoms with Gasteiger partial charge < -0.3 is 14.7 Å². The maximum absolute atomic E-state index is 14.5. The largest absolute Gasteiger partial charge is 0.369 e. The third kappa shape index (κ3) is 5.15. The lowest BCUT2D eigenvalue weighted by atomic mass is 9.96. The van der Waals surface area contributed by atoms with Crippen molar-refractivity contribution in [1.82, 2.24) is 15.0 Å². The van der Waals surface area contributed by atoms with Crippen LogP contribution < -0.4 is 10.2 Å². The van der Waals surface area contributed by atoms with Gasteiger partial charge in [0.15, 0.2) is 21.5 Å². The number of sulfone groups is 1. The number of hydrogen-bond acceptors (Lipinski definition) is 8. The summed E-state index contributed by atoms with van der Waals surface area (Å²) in [5.41, 5.74) is -0.617. The van der Waals surface area contributed by atoms with Gasteiger partial charge in [-0.3, -0.25) is 14.5 Å². The Labute approximate surface area is 203 Å². The number of rotatable bonds is 6. The van der Waals surface area contributed by atoms with E-state index in [0.717, 1.165) is 11.2 Å². The van der Waals surface area contributed by atoms with Crippen molar-refractivity contribution in [2.24, 2.45) is 0 Å². The number of likely N-dealkylation sites (tertiary alicyclic amines) is 1. The standard InChI is InChI=1S/C21H23F4N5O5S/c1-21(24,25)19-27-20(28-35-19)30-7-5-11(8-16(30)31)29-6-3-4-15(18(29)32)26-17-13(22)9-12(10-14(17)23)36(2,33)34/h9-11,15,26H,3-8H2,1-2H3/t11-,15?/m0/s1. The molecule has 2 saturated heterocycles. The monoisotopic (exact) mass is 533 g/mol. The predicted molar refractivity (Wildman–Crippen MR) is 117 cm³/mol. The van der Waals surface area contributed by atoms with Crippen molar-refractivity contribution in [3.63, 3.8) is 0 Å². The Kier molecular flexibility index (Phi) is 6.70. The molecule has 36 heavy (non-hydrogen) atoms. The molecule has 3 heterocycles. The molecule has 0 aliphatic carbocycles. The van der Waals surface area contributed by atoms with Gasteiger partial charge in [0.05, 0.1) is 4.90 Å². The van der Waals surface area contributed by atoms with Crippen molar-refractivity contribution in [3.8, 4) is 0 Å². The highest BCUT2D eigenvalue weighted by Crippen LogP contribution is 2.30. The highest BCUT2D eigenvalue weighted by Gasteiger charge is 2.40. The minimum Gasteiger partial charge on any atom is -0.369 e. The third-order valence-corrected chi connectivity index (χ3v) is 7.20. The van der Waals surface area contributed by atoms with Gasteiger partial charge in [-0.25, -0.2) is 17.2 Å². The Hall–Kier alpha value is -3.23. The second-order valence-corrected chi connectivity index (χ2v) is 10.9. The number of hydrogen-bond donors (Lipinski definition) is 1. The van der Waals surface area contributed by atoms with E-state index >= 15 is 0 Å². The van der Waals surface area contributed by atoms with Crippen molar-refractivity contribution in [2.45, 2.75) is 55.5 Å². The van der Waals surface area contributed by atoms with Crippen LogP contribution >= 0.6 is 0 Å². The smallest absolute Gasteiger partial charge is 0.322 e. The molecule has 0 radical (unpaired) electrons. The van der Waals surface area contributed by atoms with Crippen LogP contribution in [0.1, 0.15) is 38.5 Å². The molecule has 4 rings (SSSR count). The number of halogens is 4. The zero-order chi connectivity index (χ0) is 26.4. The second-order valence-electron chi connectivity index (χ2n) is 8.88. The summed E-state index contributed by atoms with van der Waals surface area (Å²) in [5, 5.41) is 5.99. The van der Waals surface area contributed by atoms with E-state index in [4.69, 9.17) is 0 Å². The Bertz CT molecular complexity index is 1270. The Morgan fingerprint density at radius 2 is 1.81 bits per heavy atom. The number of anilines is 2. The molecular weight excluding hydrogens is 510 g/mol. The van der Waals surface area contributed by atoms with Crippen LogP contribution in [0.3, 0.4) is 0 Å². The van der Waals surface area contributed by atoms with E-state index in [1.807, 2.05) is 0 Å². The van der Waals surface area contributed by atoms with Crippen molar-refractivity contribution in [3.05, 3.63) is 29.7 Å². The molecule has 0 saturated carbocycles. The lowest BCUT2D eigenvalue weighted by molar-refractivity contribution is -0.138. The fraction of sp³-hybridized carbons (Fsp3) is 0.524. The summed E-state index contributed by atoms with van der Waals surface area (Å²) in [5.74, 6) is -7.83. The molecule has 2 atom stereocenters. The van der Waals surface area contributed by atoms with E-state index in [2.05, 4.69) is 20.0 Å². The number of amides is 2. The fourth-order valence-electron chi connectivity index (χ4n) is 4.27. The van der Waals surface area contributed by atoms with E-state index in [1.54, 1.807) is 0 Å². The van der Waals surface area contributed by atoms with Crippen molar-refractivity contribution in [2.75, 3.05) is 29.6 Å². The Balaban J connectivity index is 1.45. The summed E-state index contributed by atoms with van der Waals surface area (Å²) in [6.45, 7) is 0.958. The zero-order valence-electron chi connectivity index (χ0n) is 19.3. The highest BCUT2D eigenvalue weighted by molar-refractivity contribution is 7.90. The first-order valence-corrected chi connectivity index (χ1v) is 12.9. The molecule has 1 aromatic carbocycles. The van der Waals surface area contributed by atoms with E-state index in [0.29, 0.717) is 38.4 Å². The molecule has 2 aliphatic rings. The topological polar surface area (TPSA) is 126 Å². The Morgan fingerprint density at radius 1 is 1.14 bits per heavy atom. The Morgan fingerprint density at radius 3 is 2.36 bits per heavy atom. The molecule has 196 valence electrons. The first-order valence-electron chi connectivity index (χ1n) is 11.0. The van der Waals surface area contributed by atoms with Gasteiger partial charge in [0, 0.05) is 38.7 Å². The van der Waals surface area contributed by atoms with E-state index in [-0.39, 0.29) is 25.3 Å². The second kappa shape index (κ2) is 9.33. The van der Waals surface area contributed by atoms with Gasteiger partial charge in [0.1, 0.15) is 11.7 Å². The minimum atomic E-state index is -3.84. The van der Waals surface area contributed by atoms with Crippen LogP contribution in [0.15, 0.2) is 21.6 Å². The molecule has 15 heteroatoms. The molecular formula is C21H23F4N5O5S. The van der Waals surface area contributed by atoms with E-state index < -0.39 is 67.8 Å². The van der Waals surface area contributed by atoms with Crippen LogP contribution in [0.2, 0.25) is 0 Å². The third-order valence-electron chi connectivity index (χ3n) is 6.11. The average molecular weight is 534 g/mol. The van der Waals surface area contributed by atoms with Crippen molar-refractivity contribution in [1.29, 1.82) is 0 Å². The van der Waals surface area contributed by atoms with Crippen molar-refractivity contribution < 1.29 is 40.1 Å². The highest BCUT2D eigenvalue weighted by atomic mass is 32.2. The molecule has 1 unspecified atom stereocenters. The van der Waals surface area contributed by atoms with Gasteiger partial charge in [-0.15, -0.1) is 0 Å². The predicted octanol–water partition coefficient (Wildman–Crippen LogP) is 2.46. The first kappa shape index (κ1) is 25.9. The van der Waals surface area contributed by atoms with Gasteiger partial charge >= 0.3 is 5.92 Å². The number of aromatic nitrogens is 2. The SMILES string of the molecule is CC(F)(F)c1nc(N2CC[C@H](N3CCCC(Nc4c(F)cc(S(C)(=O)=O)cc4F)C3=O)CC2=O)no1. The lowest BCUT2D eigenvalue weighted by Crippen LogP contribution is -2.56. The van der Waals surface area contributed by atoms with Crippen LogP contribution in [0.4, 0.5) is 29.2 Å². The summed E-state index contributed by atoms with van der Waals surface area (Å²) in [6, 6.07) is -0.158. The van der Waals surface area contributed by atoms with Crippen LogP contribution in [0.25, 0.3) is 0 Å². The molecule has 1 N–H and O–H groups in total. The molecule has 2 amide bonds. The molecule has 2 fully saturated rings. The zero-order valence-corrected chi connectivity index (χ0v) is 20.1. The van der Waals surface area contributed by atoms with Gasteiger partial charge in [0.25, 0.3) is 11.8 Å². The van der Waals surface area contributed by atoms with Gasteiger partial charge in [-0.05, 0) is 36.6 Å².